The van der Waals surface area contributed by atoms with Crippen molar-refractivity contribution in [2.45, 2.75) is 12.6 Å². The zero-order chi connectivity index (χ0) is 13.8. The van der Waals surface area contributed by atoms with Gasteiger partial charge in [0.1, 0.15) is 0 Å². The third-order valence-corrected chi connectivity index (χ3v) is 2.98. The fraction of sp³-hybridized carbons (Fsp3) is 0.385. The molecule has 0 spiro atoms. The van der Waals surface area contributed by atoms with Gasteiger partial charge >= 0.3 is 0 Å². The molecule has 0 saturated heterocycles. The maximum absolute atomic E-state index is 8.95. The Morgan fingerprint density at radius 2 is 2.26 bits per heavy atom. The van der Waals surface area contributed by atoms with Gasteiger partial charge in [-0.1, -0.05) is 0 Å². The van der Waals surface area contributed by atoms with Crippen molar-refractivity contribution in [1.82, 2.24) is 9.55 Å². The number of methoxy groups -OCH3 is 2. The molecule has 0 aliphatic carbocycles. The molecule has 2 N–H and O–H groups in total. The van der Waals surface area contributed by atoms with Crippen LogP contribution in [-0.4, -0.2) is 36.5 Å². The van der Waals surface area contributed by atoms with Crippen LogP contribution in [0.15, 0.2) is 18.2 Å². The molecule has 2 rings (SSSR count). The minimum Gasteiger partial charge on any atom is -0.382 e. The predicted octanol–water partition coefficient (Wildman–Crippen LogP) is 1.15. The molecule has 0 saturated carbocycles. The highest BCUT2D eigenvalue weighted by Crippen LogP contribution is 2.20. The maximum Gasteiger partial charge on any atom is 0.201 e. The summed E-state index contributed by atoms with van der Waals surface area (Å²) < 4.78 is 12.3. The zero-order valence-electron chi connectivity index (χ0n) is 11.0. The van der Waals surface area contributed by atoms with Gasteiger partial charge in [0, 0.05) is 14.2 Å². The molecule has 100 valence electrons. The van der Waals surface area contributed by atoms with Crippen molar-refractivity contribution < 1.29 is 9.47 Å². The van der Waals surface area contributed by atoms with Gasteiger partial charge in [-0.15, -0.1) is 0 Å². The lowest BCUT2D eigenvalue weighted by Crippen LogP contribution is -2.24. The fourth-order valence-electron chi connectivity index (χ4n) is 1.99. The summed E-state index contributed by atoms with van der Waals surface area (Å²) in [4.78, 5) is 4.27. The third-order valence-electron chi connectivity index (χ3n) is 2.98. The Morgan fingerprint density at radius 3 is 2.89 bits per heavy atom. The first kappa shape index (κ1) is 13.3. The van der Waals surface area contributed by atoms with Crippen molar-refractivity contribution in [3.63, 3.8) is 0 Å². The molecule has 0 fully saturated rings. The Morgan fingerprint density at radius 1 is 1.47 bits per heavy atom. The average Bonchev–Trinajstić information content (AvgIpc) is 2.73. The van der Waals surface area contributed by atoms with Gasteiger partial charge in [-0.25, -0.2) is 4.98 Å². The third kappa shape index (κ3) is 2.67. The van der Waals surface area contributed by atoms with E-state index in [2.05, 4.69) is 11.1 Å². The number of nitrogen functional groups attached to an aromatic ring is 1. The van der Waals surface area contributed by atoms with E-state index in [0.29, 0.717) is 24.7 Å². The molecule has 2 aromatic rings. The van der Waals surface area contributed by atoms with Gasteiger partial charge in [0.25, 0.3) is 0 Å². The van der Waals surface area contributed by atoms with Crippen LogP contribution in [0.3, 0.4) is 0 Å². The van der Waals surface area contributed by atoms with Crippen molar-refractivity contribution >= 4 is 17.0 Å². The number of nitrogens with zero attached hydrogens (tertiary/aromatic N) is 3. The molecule has 19 heavy (non-hydrogen) atoms. The standard InChI is InChI=1S/C13H16N4O2/c1-18-8-10(19-2)7-17-12-5-9(6-14)3-4-11(12)16-13(17)15/h3-5,10H,7-8H2,1-2H3,(H2,15,16). The highest BCUT2D eigenvalue weighted by Gasteiger charge is 2.14. The van der Waals surface area contributed by atoms with Crippen LogP contribution >= 0.6 is 0 Å². The minimum atomic E-state index is -0.115. The van der Waals surface area contributed by atoms with Crippen LogP contribution in [0.25, 0.3) is 11.0 Å². The molecule has 6 nitrogen and oxygen atoms in total. The second-order valence-corrected chi connectivity index (χ2v) is 4.21. The van der Waals surface area contributed by atoms with E-state index in [-0.39, 0.29) is 6.10 Å². The van der Waals surface area contributed by atoms with E-state index in [0.717, 1.165) is 11.0 Å². The van der Waals surface area contributed by atoms with Gasteiger partial charge in [-0.05, 0) is 18.2 Å². The highest BCUT2D eigenvalue weighted by molar-refractivity contribution is 5.79. The first-order valence-corrected chi connectivity index (χ1v) is 5.87. The zero-order valence-corrected chi connectivity index (χ0v) is 11.0. The largest absolute Gasteiger partial charge is 0.382 e. The molecule has 0 aliphatic rings. The number of fused-ring (bicyclic) bond motifs is 1. The molecule has 0 aliphatic heterocycles. The Labute approximate surface area is 111 Å². The van der Waals surface area contributed by atoms with Gasteiger partial charge in [0.15, 0.2) is 0 Å². The van der Waals surface area contributed by atoms with Crippen molar-refractivity contribution in [1.29, 1.82) is 5.26 Å². The average molecular weight is 260 g/mol. The van der Waals surface area contributed by atoms with E-state index < -0.39 is 0 Å². The summed E-state index contributed by atoms with van der Waals surface area (Å²) in [6, 6.07) is 7.40. The number of anilines is 1. The van der Waals surface area contributed by atoms with Crippen LogP contribution in [0.5, 0.6) is 0 Å². The van der Waals surface area contributed by atoms with E-state index in [1.807, 2.05) is 4.57 Å². The molecular weight excluding hydrogens is 244 g/mol. The fourth-order valence-corrected chi connectivity index (χ4v) is 1.99. The topological polar surface area (TPSA) is 86.1 Å². The molecule has 1 atom stereocenters. The summed E-state index contributed by atoms with van der Waals surface area (Å²) in [5.41, 5.74) is 8.09. The SMILES string of the molecule is COCC(Cn1c(N)nc2ccc(C#N)cc21)OC. The summed E-state index contributed by atoms with van der Waals surface area (Å²) in [5.74, 6) is 0.406. The van der Waals surface area contributed by atoms with Crippen LogP contribution in [0.1, 0.15) is 5.56 Å². The summed E-state index contributed by atoms with van der Waals surface area (Å²) in [7, 11) is 3.24. The van der Waals surface area contributed by atoms with Gasteiger partial charge in [0.05, 0.1) is 41.9 Å². The lowest BCUT2D eigenvalue weighted by atomic mass is 10.2. The predicted molar refractivity (Wildman–Crippen MR) is 71.5 cm³/mol. The maximum atomic E-state index is 8.95. The monoisotopic (exact) mass is 260 g/mol. The number of imidazole rings is 1. The number of ether oxygens (including phenoxy) is 2. The molecular formula is C13H16N4O2. The Balaban J connectivity index is 2.41. The number of nitriles is 1. The van der Waals surface area contributed by atoms with Crippen molar-refractivity contribution in [3.05, 3.63) is 23.8 Å². The second-order valence-electron chi connectivity index (χ2n) is 4.21. The van der Waals surface area contributed by atoms with Crippen molar-refractivity contribution in [2.75, 3.05) is 26.6 Å². The normalized spacial score (nSPS) is 12.5. The quantitative estimate of drug-likeness (QED) is 0.871. The molecule has 1 aromatic heterocycles. The lowest BCUT2D eigenvalue weighted by Gasteiger charge is -2.16. The first-order chi connectivity index (χ1) is 9.19. The smallest absolute Gasteiger partial charge is 0.201 e. The molecule has 0 bridgehead atoms. The summed E-state index contributed by atoms with van der Waals surface area (Å²) in [6.45, 7) is 0.995. The summed E-state index contributed by atoms with van der Waals surface area (Å²) in [5, 5.41) is 8.95. The van der Waals surface area contributed by atoms with Gasteiger partial charge in [0.2, 0.25) is 5.95 Å². The van der Waals surface area contributed by atoms with Crippen LogP contribution in [0, 0.1) is 11.3 Å². The lowest BCUT2D eigenvalue weighted by molar-refractivity contribution is 0.0193. The van der Waals surface area contributed by atoms with E-state index >= 15 is 0 Å². The Kier molecular flexibility index (Phi) is 4.00. The van der Waals surface area contributed by atoms with E-state index in [9.17, 15) is 0 Å². The summed E-state index contributed by atoms with van der Waals surface area (Å²) in [6.07, 6.45) is -0.115. The second kappa shape index (κ2) is 5.69. The molecule has 0 amide bonds. The summed E-state index contributed by atoms with van der Waals surface area (Å²) >= 11 is 0. The Hall–Kier alpha value is -2.10. The van der Waals surface area contributed by atoms with Gasteiger partial charge in [-0.3, -0.25) is 0 Å². The van der Waals surface area contributed by atoms with Crippen LogP contribution in [-0.2, 0) is 16.0 Å². The molecule has 1 unspecified atom stereocenters. The molecule has 1 aromatic carbocycles. The van der Waals surface area contributed by atoms with E-state index in [4.69, 9.17) is 20.5 Å². The number of hydrogen-bond donors (Lipinski definition) is 1. The molecule has 6 heteroatoms. The number of nitrogens with two attached hydrogens (primary N) is 1. The number of benzene rings is 1. The van der Waals surface area contributed by atoms with E-state index in [1.54, 1.807) is 32.4 Å². The van der Waals surface area contributed by atoms with Crippen LogP contribution in [0.4, 0.5) is 5.95 Å². The first-order valence-electron chi connectivity index (χ1n) is 5.87. The number of aromatic nitrogens is 2. The molecule has 0 radical (unpaired) electrons. The Bertz CT molecular complexity index is 615. The van der Waals surface area contributed by atoms with Crippen molar-refractivity contribution in [3.8, 4) is 6.07 Å². The van der Waals surface area contributed by atoms with Crippen LogP contribution < -0.4 is 5.73 Å². The van der Waals surface area contributed by atoms with E-state index in [1.165, 1.54) is 0 Å². The highest BCUT2D eigenvalue weighted by atomic mass is 16.5. The van der Waals surface area contributed by atoms with Gasteiger partial charge in [-0.2, -0.15) is 5.26 Å². The number of hydrogen-bond acceptors (Lipinski definition) is 5. The van der Waals surface area contributed by atoms with Crippen LogP contribution in [0.2, 0.25) is 0 Å². The minimum absolute atomic E-state index is 0.115. The number of rotatable bonds is 5. The van der Waals surface area contributed by atoms with Gasteiger partial charge < -0.3 is 19.8 Å². The molecule has 1 heterocycles. The van der Waals surface area contributed by atoms with Crippen molar-refractivity contribution in [2.24, 2.45) is 0 Å².